The molecule has 0 saturated heterocycles. The molecule has 1 aliphatic heterocycles. The van der Waals surface area contributed by atoms with E-state index >= 15 is 0 Å². The Morgan fingerprint density at radius 3 is 3.05 bits per heavy atom. The standard InChI is InChI=1S/C15H15NO2S/c1-10-12(3-2-4-13(10)17)15(18)16-7-5-14-11(9-16)6-8-19-14/h2-4,6,8,17H,5,7,9H2,1H3. The molecule has 0 fully saturated rings. The molecule has 0 bridgehead atoms. The molecular weight excluding hydrogens is 258 g/mol. The smallest absolute Gasteiger partial charge is 0.254 e. The summed E-state index contributed by atoms with van der Waals surface area (Å²) in [5.74, 6) is 0.185. The van der Waals surface area contributed by atoms with Crippen LogP contribution in [-0.2, 0) is 13.0 Å². The SMILES string of the molecule is Cc1c(O)cccc1C(=O)N1CCc2sccc2C1. The van der Waals surface area contributed by atoms with Gasteiger partial charge in [0.1, 0.15) is 5.75 Å². The molecule has 0 aliphatic carbocycles. The summed E-state index contributed by atoms with van der Waals surface area (Å²) in [7, 11) is 0. The van der Waals surface area contributed by atoms with Gasteiger partial charge in [-0.05, 0) is 42.5 Å². The molecule has 0 atom stereocenters. The molecular formula is C15H15NO2S. The highest BCUT2D eigenvalue weighted by Crippen LogP contribution is 2.27. The van der Waals surface area contributed by atoms with Gasteiger partial charge in [-0.1, -0.05) is 6.07 Å². The maximum absolute atomic E-state index is 12.5. The number of fused-ring (bicyclic) bond motifs is 1. The largest absolute Gasteiger partial charge is 0.508 e. The van der Waals surface area contributed by atoms with Crippen LogP contribution in [0.3, 0.4) is 0 Å². The summed E-state index contributed by atoms with van der Waals surface area (Å²) >= 11 is 1.76. The van der Waals surface area contributed by atoms with Gasteiger partial charge in [0, 0.05) is 29.1 Å². The van der Waals surface area contributed by atoms with Crippen LogP contribution >= 0.6 is 11.3 Å². The van der Waals surface area contributed by atoms with E-state index in [9.17, 15) is 9.90 Å². The molecule has 0 spiro atoms. The highest BCUT2D eigenvalue weighted by molar-refractivity contribution is 7.10. The van der Waals surface area contributed by atoms with E-state index in [0.717, 1.165) is 13.0 Å². The van der Waals surface area contributed by atoms with E-state index in [1.54, 1.807) is 36.5 Å². The van der Waals surface area contributed by atoms with Gasteiger partial charge in [0.15, 0.2) is 0 Å². The van der Waals surface area contributed by atoms with E-state index in [2.05, 4.69) is 11.4 Å². The lowest BCUT2D eigenvalue weighted by atomic mass is 10.0. The van der Waals surface area contributed by atoms with Crippen LogP contribution in [0, 0.1) is 6.92 Å². The first-order chi connectivity index (χ1) is 9.16. The number of hydrogen-bond donors (Lipinski definition) is 1. The first-order valence-electron chi connectivity index (χ1n) is 6.30. The Morgan fingerprint density at radius 1 is 1.37 bits per heavy atom. The molecule has 2 heterocycles. The molecule has 1 N–H and O–H groups in total. The van der Waals surface area contributed by atoms with Crippen molar-refractivity contribution in [1.82, 2.24) is 4.90 Å². The third-order valence-electron chi connectivity index (χ3n) is 3.63. The van der Waals surface area contributed by atoms with Crippen LogP contribution < -0.4 is 0 Å². The molecule has 98 valence electrons. The molecule has 1 aliphatic rings. The van der Waals surface area contributed by atoms with Gasteiger partial charge in [-0.3, -0.25) is 4.79 Å². The summed E-state index contributed by atoms with van der Waals surface area (Å²) in [5, 5.41) is 11.8. The lowest BCUT2D eigenvalue weighted by molar-refractivity contribution is 0.0734. The van der Waals surface area contributed by atoms with Gasteiger partial charge in [-0.2, -0.15) is 0 Å². The number of amides is 1. The maximum Gasteiger partial charge on any atom is 0.254 e. The number of phenols is 1. The van der Waals surface area contributed by atoms with Crippen molar-refractivity contribution in [1.29, 1.82) is 0 Å². The van der Waals surface area contributed by atoms with Crippen molar-refractivity contribution in [2.24, 2.45) is 0 Å². The first kappa shape index (κ1) is 12.2. The Kier molecular flexibility index (Phi) is 3.03. The second-order valence-corrected chi connectivity index (χ2v) is 5.80. The quantitative estimate of drug-likeness (QED) is 0.867. The number of thiophene rings is 1. The Bertz CT molecular complexity index is 633. The topological polar surface area (TPSA) is 40.5 Å². The van der Waals surface area contributed by atoms with E-state index in [1.807, 2.05) is 4.90 Å². The fourth-order valence-electron chi connectivity index (χ4n) is 2.45. The summed E-state index contributed by atoms with van der Waals surface area (Å²) < 4.78 is 0. The van der Waals surface area contributed by atoms with Gasteiger partial charge in [0.25, 0.3) is 5.91 Å². The van der Waals surface area contributed by atoms with Gasteiger partial charge in [-0.15, -0.1) is 11.3 Å². The monoisotopic (exact) mass is 273 g/mol. The number of aromatic hydroxyl groups is 1. The molecule has 19 heavy (non-hydrogen) atoms. The predicted molar refractivity (Wildman–Crippen MR) is 75.6 cm³/mol. The van der Waals surface area contributed by atoms with Crippen molar-refractivity contribution < 1.29 is 9.90 Å². The predicted octanol–water partition coefficient (Wildman–Crippen LogP) is 2.96. The fraction of sp³-hybridized carbons (Fsp3) is 0.267. The zero-order valence-corrected chi connectivity index (χ0v) is 11.5. The van der Waals surface area contributed by atoms with Crippen LogP contribution in [0.15, 0.2) is 29.6 Å². The zero-order valence-electron chi connectivity index (χ0n) is 10.7. The Hall–Kier alpha value is -1.81. The molecule has 1 aromatic carbocycles. The third kappa shape index (κ3) is 2.12. The Balaban J connectivity index is 1.88. The van der Waals surface area contributed by atoms with Gasteiger partial charge >= 0.3 is 0 Å². The van der Waals surface area contributed by atoms with Gasteiger partial charge < -0.3 is 10.0 Å². The van der Waals surface area contributed by atoms with Crippen molar-refractivity contribution in [2.75, 3.05) is 6.54 Å². The number of nitrogens with zero attached hydrogens (tertiary/aromatic N) is 1. The third-order valence-corrected chi connectivity index (χ3v) is 4.65. The lowest BCUT2D eigenvalue weighted by Gasteiger charge is -2.27. The minimum atomic E-state index is 0.00486. The van der Waals surface area contributed by atoms with Gasteiger partial charge in [0.2, 0.25) is 0 Å². The van der Waals surface area contributed by atoms with Crippen LogP contribution in [0.2, 0.25) is 0 Å². The molecule has 3 rings (SSSR count). The van der Waals surface area contributed by atoms with Crippen LogP contribution in [0.1, 0.15) is 26.4 Å². The minimum Gasteiger partial charge on any atom is -0.508 e. The fourth-order valence-corrected chi connectivity index (χ4v) is 3.34. The lowest BCUT2D eigenvalue weighted by Crippen LogP contribution is -2.35. The highest BCUT2D eigenvalue weighted by atomic mass is 32.1. The number of rotatable bonds is 1. The minimum absolute atomic E-state index is 0.00486. The zero-order chi connectivity index (χ0) is 13.4. The second-order valence-electron chi connectivity index (χ2n) is 4.80. The molecule has 3 nitrogen and oxygen atoms in total. The summed E-state index contributed by atoms with van der Waals surface area (Å²) in [6.45, 7) is 3.21. The Labute approximate surface area is 116 Å². The highest BCUT2D eigenvalue weighted by Gasteiger charge is 2.23. The molecule has 4 heteroatoms. The molecule has 0 saturated carbocycles. The van der Waals surface area contributed by atoms with E-state index in [-0.39, 0.29) is 11.7 Å². The first-order valence-corrected chi connectivity index (χ1v) is 7.18. The summed E-state index contributed by atoms with van der Waals surface area (Å²) in [4.78, 5) is 15.8. The van der Waals surface area contributed by atoms with Crippen LogP contribution in [0.5, 0.6) is 5.75 Å². The van der Waals surface area contributed by atoms with Gasteiger partial charge in [-0.25, -0.2) is 0 Å². The molecule has 0 unspecified atom stereocenters. The van der Waals surface area contributed by atoms with Crippen molar-refractivity contribution in [3.05, 3.63) is 51.2 Å². The molecule has 1 amide bonds. The van der Waals surface area contributed by atoms with Crippen LogP contribution in [0.4, 0.5) is 0 Å². The van der Waals surface area contributed by atoms with E-state index in [4.69, 9.17) is 0 Å². The average Bonchev–Trinajstić information content (AvgIpc) is 2.88. The normalized spacial score (nSPS) is 14.3. The van der Waals surface area contributed by atoms with Crippen LogP contribution in [-0.4, -0.2) is 22.5 Å². The average molecular weight is 273 g/mol. The van der Waals surface area contributed by atoms with Crippen molar-refractivity contribution >= 4 is 17.2 Å². The second kappa shape index (κ2) is 4.70. The number of hydrogen-bond acceptors (Lipinski definition) is 3. The van der Waals surface area contributed by atoms with E-state index < -0.39 is 0 Å². The molecule has 1 aromatic heterocycles. The number of phenolic OH excluding ortho intramolecular Hbond substituents is 1. The summed E-state index contributed by atoms with van der Waals surface area (Å²) in [5.41, 5.74) is 2.50. The molecule has 0 radical (unpaired) electrons. The van der Waals surface area contributed by atoms with Crippen molar-refractivity contribution in [3.8, 4) is 5.75 Å². The number of benzene rings is 1. The van der Waals surface area contributed by atoms with E-state index in [0.29, 0.717) is 17.7 Å². The van der Waals surface area contributed by atoms with Gasteiger partial charge in [0.05, 0.1) is 0 Å². The number of carbonyl (C=O) groups excluding carboxylic acids is 1. The maximum atomic E-state index is 12.5. The molecule has 2 aromatic rings. The van der Waals surface area contributed by atoms with Crippen molar-refractivity contribution in [2.45, 2.75) is 19.9 Å². The van der Waals surface area contributed by atoms with Crippen LogP contribution in [0.25, 0.3) is 0 Å². The van der Waals surface area contributed by atoms with Crippen molar-refractivity contribution in [3.63, 3.8) is 0 Å². The summed E-state index contributed by atoms with van der Waals surface area (Å²) in [6.07, 6.45) is 0.927. The van der Waals surface area contributed by atoms with E-state index in [1.165, 1.54) is 10.4 Å². The number of carbonyl (C=O) groups is 1. The summed E-state index contributed by atoms with van der Waals surface area (Å²) in [6, 6.07) is 7.20. The Morgan fingerprint density at radius 2 is 2.21 bits per heavy atom.